The highest BCUT2D eigenvalue weighted by molar-refractivity contribution is 5.93. The Labute approximate surface area is 140 Å². The van der Waals surface area contributed by atoms with Crippen molar-refractivity contribution >= 4 is 5.91 Å². The van der Waals surface area contributed by atoms with Crippen LogP contribution < -0.4 is 0 Å². The molecular weight excluding hydrogens is 310 g/mol. The van der Waals surface area contributed by atoms with E-state index < -0.39 is 0 Å². The summed E-state index contributed by atoms with van der Waals surface area (Å²) in [5, 5.41) is 4.18. The minimum Gasteiger partial charge on any atom is -0.472 e. The Bertz CT molecular complexity index is 668. The smallest absolute Gasteiger partial charge is 0.257 e. The topological polar surface area (TPSA) is 81.6 Å². The van der Waals surface area contributed by atoms with E-state index in [-0.39, 0.29) is 11.8 Å². The second-order valence-corrected chi connectivity index (χ2v) is 6.46. The number of likely N-dealkylation sites (tertiary alicyclic amines) is 1. The molecular formula is C17H21N3O4. The summed E-state index contributed by atoms with van der Waals surface area (Å²) < 4.78 is 15.9. The van der Waals surface area contributed by atoms with Gasteiger partial charge in [-0.3, -0.25) is 4.79 Å². The molecule has 2 aromatic heterocycles. The molecule has 2 aliphatic heterocycles. The van der Waals surface area contributed by atoms with E-state index in [1.54, 1.807) is 6.07 Å². The van der Waals surface area contributed by atoms with Crippen molar-refractivity contribution in [2.75, 3.05) is 26.3 Å². The molecule has 128 valence electrons. The van der Waals surface area contributed by atoms with E-state index in [0.717, 1.165) is 44.7 Å². The molecule has 0 atom stereocenters. The van der Waals surface area contributed by atoms with E-state index in [9.17, 15) is 4.79 Å². The largest absolute Gasteiger partial charge is 0.472 e. The van der Waals surface area contributed by atoms with Gasteiger partial charge in [-0.1, -0.05) is 5.16 Å². The van der Waals surface area contributed by atoms with Crippen LogP contribution in [0.15, 0.2) is 27.5 Å². The SMILES string of the molecule is O=C(c1ccoc1)N1CCC(c2nc(C3CCOCC3)no2)CC1. The van der Waals surface area contributed by atoms with Gasteiger partial charge in [0.15, 0.2) is 5.82 Å². The Morgan fingerprint density at radius 2 is 1.92 bits per heavy atom. The summed E-state index contributed by atoms with van der Waals surface area (Å²) in [6.07, 6.45) is 6.62. The fourth-order valence-electron chi connectivity index (χ4n) is 3.43. The minimum atomic E-state index is 0.0237. The van der Waals surface area contributed by atoms with Crippen LogP contribution in [0.4, 0.5) is 0 Å². The number of piperidine rings is 1. The number of carbonyl (C=O) groups excluding carboxylic acids is 1. The third kappa shape index (κ3) is 3.08. The van der Waals surface area contributed by atoms with Gasteiger partial charge in [0, 0.05) is 38.1 Å². The zero-order valence-electron chi connectivity index (χ0n) is 13.5. The number of nitrogens with zero attached hydrogens (tertiary/aromatic N) is 3. The number of hydrogen-bond donors (Lipinski definition) is 0. The van der Waals surface area contributed by atoms with Crippen LogP contribution in [0.25, 0.3) is 0 Å². The molecule has 2 saturated heterocycles. The molecule has 1 amide bonds. The summed E-state index contributed by atoms with van der Waals surface area (Å²) >= 11 is 0. The fourth-order valence-corrected chi connectivity index (χ4v) is 3.43. The molecule has 0 saturated carbocycles. The van der Waals surface area contributed by atoms with Crippen LogP contribution >= 0.6 is 0 Å². The second-order valence-electron chi connectivity index (χ2n) is 6.46. The Balaban J connectivity index is 1.36. The number of hydrogen-bond acceptors (Lipinski definition) is 6. The predicted molar refractivity (Wildman–Crippen MR) is 83.7 cm³/mol. The van der Waals surface area contributed by atoms with Crippen molar-refractivity contribution in [3.8, 4) is 0 Å². The Kier molecular flexibility index (Phi) is 4.34. The highest BCUT2D eigenvalue weighted by Gasteiger charge is 2.29. The lowest BCUT2D eigenvalue weighted by Gasteiger charge is -2.30. The molecule has 7 nitrogen and oxygen atoms in total. The van der Waals surface area contributed by atoms with Gasteiger partial charge in [-0.15, -0.1) is 0 Å². The monoisotopic (exact) mass is 331 g/mol. The minimum absolute atomic E-state index is 0.0237. The van der Waals surface area contributed by atoms with Crippen molar-refractivity contribution in [2.24, 2.45) is 0 Å². The van der Waals surface area contributed by atoms with Crippen LogP contribution in [0.2, 0.25) is 0 Å². The first-order valence-corrected chi connectivity index (χ1v) is 8.54. The highest BCUT2D eigenvalue weighted by Crippen LogP contribution is 2.30. The van der Waals surface area contributed by atoms with Gasteiger partial charge in [0.05, 0.1) is 11.8 Å². The first-order chi connectivity index (χ1) is 11.8. The van der Waals surface area contributed by atoms with Crippen LogP contribution in [0.5, 0.6) is 0 Å². The van der Waals surface area contributed by atoms with E-state index in [0.29, 0.717) is 30.5 Å². The van der Waals surface area contributed by atoms with Crippen molar-refractivity contribution in [2.45, 2.75) is 37.5 Å². The molecule has 0 N–H and O–H groups in total. The number of ether oxygens (including phenoxy) is 1. The number of furan rings is 1. The zero-order chi connectivity index (χ0) is 16.4. The molecule has 2 fully saturated rings. The number of amides is 1. The predicted octanol–water partition coefficient (Wildman–Crippen LogP) is 2.58. The van der Waals surface area contributed by atoms with Crippen molar-refractivity contribution in [1.82, 2.24) is 15.0 Å². The third-order valence-corrected chi connectivity index (χ3v) is 4.94. The highest BCUT2D eigenvalue weighted by atomic mass is 16.5. The molecule has 0 unspecified atom stereocenters. The van der Waals surface area contributed by atoms with Gasteiger partial charge in [0.1, 0.15) is 6.26 Å². The van der Waals surface area contributed by atoms with Gasteiger partial charge in [0.2, 0.25) is 5.89 Å². The molecule has 2 aromatic rings. The van der Waals surface area contributed by atoms with Gasteiger partial charge in [0.25, 0.3) is 5.91 Å². The molecule has 4 heterocycles. The van der Waals surface area contributed by atoms with E-state index in [4.69, 9.17) is 13.7 Å². The average Bonchev–Trinajstić information content (AvgIpc) is 3.34. The van der Waals surface area contributed by atoms with E-state index in [2.05, 4.69) is 10.1 Å². The molecule has 4 rings (SSSR count). The van der Waals surface area contributed by atoms with E-state index >= 15 is 0 Å². The Morgan fingerprint density at radius 1 is 1.12 bits per heavy atom. The molecule has 0 bridgehead atoms. The Hall–Kier alpha value is -2.15. The van der Waals surface area contributed by atoms with Gasteiger partial charge in [-0.05, 0) is 31.7 Å². The summed E-state index contributed by atoms with van der Waals surface area (Å²) in [5.74, 6) is 2.13. The quantitative estimate of drug-likeness (QED) is 0.860. The summed E-state index contributed by atoms with van der Waals surface area (Å²) in [4.78, 5) is 18.8. The maximum Gasteiger partial charge on any atom is 0.257 e. The molecule has 0 aromatic carbocycles. The van der Waals surface area contributed by atoms with Gasteiger partial charge >= 0.3 is 0 Å². The zero-order valence-corrected chi connectivity index (χ0v) is 13.5. The van der Waals surface area contributed by atoms with E-state index in [1.807, 2.05) is 4.90 Å². The second kappa shape index (κ2) is 6.76. The lowest BCUT2D eigenvalue weighted by atomic mass is 9.96. The van der Waals surface area contributed by atoms with Crippen LogP contribution in [0.3, 0.4) is 0 Å². The molecule has 0 spiro atoms. The van der Waals surface area contributed by atoms with E-state index in [1.165, 1.54) is 12.5 Å². The lowest BCUT2D eigenvalue weighted by Crippen LogP contribution is -2.37. The summed E-state index contributed by atoms with van der Waals surface area (Å²) in [5.41, 5.74) is 0.605. The number of aromatic nitrogens is 2. The fraction of sp³-hybridized carbons (Fsp3) is 0.588. The maximum atomic E-state index is 12.3. The number of carbonyl (C=O) groups is 1. The molecule has 0 aliphatic carbocycles. The standard InChI is InChI=1S/C17H21N3O4/c21-17(14-5-10-23-11-14)20-6-1-13(2-7-20)16-18-15(19-24-16)12-3-8-22-9-4-12/h5,10-13H,1-4,6-9H2. The van der Waals surface area contributed by atoms with Crippen LogP contribution in [-0.2, 0) is 4.74 Å². The van der Waals surface area contributed by atoms with Crippen LogP contribution in [0, 0.1) is 0 Å². The third-order valence-electron chi connectivity index (χ3n) is 4.94. The van der Waals surface area contributed by atoms with Crippen molar-refractivity contribution in [3.63, 3.8) is 0 Å². The molecule has 2 aliphatic rings. The Morgan fingerprint density at radius 3 is 2.62 bits per heavy atom. The summed E-state index contributed by atoms with van der Waals surface area (Å²) in [7, 11) is 0. The summed E-state index contributed by atoms with van der Waals surface area (Å²) in [6, 6.07) is 1.70. The summed E-state index contributed by atoms with van der Waals surface area (Å²) in [6.45, 7) is 2.93. The number of rotatable bonds is 3. The normalized spacial score (nSPS) is 20.4. The molecule has 0 radical (unpaired) electrons. The first-order valence-electron chi connectivity index (χ1n) is 8.54. The van der Waals surface area contributed by atoms with Crippen molar-refractivity contribution in [3.05, 3.63) is 35.9 Å². The van der Waals surface area contributed by atoms with Gasteiger partial charge in [-0.2, -0.15) is 4.98 Å². The molecule has 7 heteroatoms. The maximum absolute atomic E-state index is 12.3. The van der Waals surface area contributed by atoms with Crippen molar-refractivity contribution in [1.29, 1.82) is 0 Å². The van der Waals surface area contributed by atoms with Gasteiger partial charge in [-0.25, -0.2) is 0 Å². The lowest BCUT2D eigenvalue weighted by molar-refractivity contribution is 0.0703. The van der Waals surface area contributed by atoms with Crippen molar-refractivity contribution < 1.29 is 18.5 Å². The van der Waals surface area contributed by atoms with Gasteiger partial charge < -0.3 is 18.6 Å². The van der Waals surface area contributed by atoms with Crippen LogP contribution in [-0.4, -0.2) is 47.3 Å². The molecule has 24 heavy (non-hydrogen) atoms. The first kappa shape index (κ1) is 15.4. The average molecular weight is 331 g/mol. The van der Waals surface area contributed by atoms with Crippen LogP contribution in [0.1, 0.15) is 59.6 Å².